The smallest absolute Gasteiger partial charge is 0.227 e. The van der Waals surface area contributed by atoms with Crippen LogP contribution < -0.4 is 5.32 Å². The molecule has 110 valence electrons. The molecule has 0 unspecified atom stereocenters. The van der Waals surface area contributed by atoms with Crippen molar-refractivity contribution in [1.82, 2.24) is 4.98 Å². The van der Waals surface area contributed by atoms with Crippen LogP contribution in [0.25, 0.3) is 22.6 Å². The van der Waals surface area contributed by atoms with Crippen molar-refractivity contribution < 1.29 is 9.21 Å². The Morgan fingerprint density at radius 3 is 2.86 bits per heavy atom. The number of amides is 1. The molecule has 0 radical (unpaired) electrons. The second-order valence-electron chi connectivity index (χ2n) is 5.83. The highest BCUT2D eigenvalue weighted by atomic mass is 16.3. The quantitative estimate of drug-likeness (QED) is 0.789. The van der Waals surface area contributed by atoms with E-state index in [-0.39, 0.29) is 11.8 Å². The number of rotatable bonds is 3. The Bertz CT molecular complexity index is 862. The van der Waals surface area contributed by atoms with Gasteiger partial charge in [-0.3, -0.25) is 4.79 Å². The van der Waals surface area contributed by atoms with Crippen LogP contribution in [0.5, 0.6) is 0 Å². The Labute approximate surface area is 128 Å². The average Bonchev–Trinajstić information content (AvgIpc) is 3.27. The summed E-state index contributed by atoms with van der Waals surface area (Å²) in [6.45, 7) is 2.04. The lowest BCUT2D eigenvalue weighted by Crippen LogP contribution is -2.12. The summed E-state index contributed by atoms with van der Waals surface area (Å²) in [6, 6.07) is 13.6. The largest absolute Gasteiger partial charge is 0.436 e. The Morgan fingerprint density at radius 2 is 2.09 bits per heavy atom. The maximum Gasteiger partial charge on any atom is 0.227 e. The molecule has 1 amide bonds. The maximum atomic E-state index is 11.8. The van der Waals surface area contributed by atoms with E-state index in [1.54, 1.807) is 0 Å². The van der Waals surface area contributed by atoms with E-state index in [0.29, 0.717) is 11.5 Å². The molecule has 1 saturated carbocycles. The number of hydrogen-bond donors (Lipinski definition) is 1. The van der Waals surface area contributed by atoms with Crippen LogP contribution in [-0.2, 0) is 4.79 Å². The van der Waals surface area contributed by atoms with Crippen LogP contribution in [-0.4, -0.2) is 10.9 Å². The van der Waals surface area contributed by atoms with Crippen LogP contribution in [0.2, 0.25) is 0 Å². The van der Waals surface area contributed by atoms with E-state index in [2.05, 4.69) is 10.3 Å². The molecule has 1 aliphatic rings. The van der Waals surface area contributed by atoms with Crippen molar-refractivity contribution in [3.8, 4) is 11.5 Å². The molecule has 1 N–H and O–H groups in total. The minimum absolute atomic E-state index is 0.0952. The summed E-state index contributed by atoms with van der Waals surface area (Å²) in [5, 5.41) is 2.93. The molecule has 0 saturated heterocycles. The number of carbonyl (C=O) groups excluding carboxylic acids is 1. The minimum atomic E-state index is 0.0952. The number of carbonyl (C=O) groups is 1. The maximum absolute atomic E-state index is 11.8. The number of aromatic nitrogens is 1. The molecule has 4 rings (SSSR count). The number of benzene rings is 2. The third kappa shape index (κ3) is 2.48. The molecule has 0 spiro atoms. The van der Waals surface area contributed by atoms with Crippen LogP contribution in [0.3, 0.4) is 0 Å². The van der Waals surface area contributed by atoms with Gasteiger partial charge in [-0.25, -0.2) is 4.98 Å². The third-order valence-electron chi connectivity index (χ3n) is 3.87. The topological polar surface area (TPSA) is 55.1 Å². The molecule has 2 aromatic carbocycles. The number of aryl methyl sites for hydroxylation is 1. The lowest BCUT2D eigenvalue weighted by atomic mass is 10.1. The number of hydrogen-bond acceptors (Lipinski definition) is 3. The molecule has 1 aromatic heterocycles. The van der Waals surface area contributed by atoms with Gasteiger partial charge in [0.1, 0.15) is 5.52 Å². The van der Waals surface area contributed by atoms with Gasteiger partial charge in [-0.05, 0) is 44.0 Å². The first kappa shape index (κ1) is 13.1. The Hall–Kier alpha value is -2.62. The summed E-state index contributed by atoms with van der Waals surface area (Å²) >= 11 is 0. The third-order valence-corrected chi connectivity index (χ3v) is 3.87. The fourth-order valence-electron chi connectivity index (χ4n) is 2.49. The van der Waals surface area contributed by atoms with Crippen LogP contribution in [0.4, 0.5) is 5.69 Å². The normalized spacial score (nSPS) is 14.2. The summed E-state index contributed by atoms with van der Waals surface area (Å²) < 4.78 is 5.85. The number of oxazole rings is 1. The first-order valence-corrected chi connectivity index (χ1v) is 7.47. The van der Waals surface area contributed by atoms with Gasteiger partial charge >= 0.3 is 0 Å². The minimum Gasteiger partial charge on any atom is -0.436 e. The monoisotopic (exact) mass is 292 g/mol. The molecule has 4 heteroatoms. The lowest BCUT2D eigenvalue weighted by molar-refractivity contribution is -0.117. The van der Waals surface area contributed by atoms with Crippen molar-refractivity contribution >= 4 is 22.7 Å². The number of nitrogens with one attached hydrogen (secondary N) is 1. The van der Waals surface area contributed by atoms with E-state index in [1.165, 1.54) is 0 Å². The van der Waals surface area contributed by atoms with E-state index < -0.39 is 0 Å². The van der Waals surface area contributed by atoms with Gasteiger partial charge in [-0.2, -0.15) is 0 Å². The molecule has 1 aliphatic carbocycles. The zero-order valence-electron chi connectivity index (χ0n) is 12.3. The number of fused-ring (bicyclic) bond motifs is 1. The average molecular weight is 292 g/mol. The fourth-order valence-corrected chi connectivity index (χ4v) is 2.49. The van der Waals surface area contributed by atoms with Gasteiger partial charge in [0.15, 0.2) is 5.58 Å². The van der Waals surface area contributed by atoms with E-state index in [4.69, 9.17) is 4.42 Å². The van der Waals surface area contributed by atoms with Crippen LogP contribution in [0.15, 0.2) is 46.9 Å². The van der Waals surface area contributed by atoms with Gasteiger partial charge in [0.05, 0.1) is 0 Å². The molecule has 0 bridgehead atoms. The summed E-state index contributed by atoms with van der Waals surface area (Å²) in [5.41, 5.74) is 4.36. The second-order valence-corrected chi connectivity index (χ2v) is 5.83. The SMILES string of the molecule is Cc1cccc(-c2nc3ccc(NC(=O)C4CC4)cc3o2)c1. The van der Waals surface area contributed by atoms with Gasteiger partial charge in [0, 0.05) is 23.2 Å². The van der Waals surface area contributed by atoms with Crippen molar-refractivity contribution in [3.63, 3.8) is 0 Å². The Morgan fingerprint density at radius 1 is 1.23 bits per heavy atom. The van der Waals surface area contributed by atoms with Crippen LogP contribution in [0, 0.1) is 12.8 Å². The molecular weight excluding hydrogens is 276 g/mol. The highest BCUT2D eigenvalue weighted by Crippen LogP contribution is 2.31. The highest BCUT2D eigenvalue weighted by Gasteiger charge is 2.29. The summed E-state index contributed by atoms with van der Waals surface area (Å²) in [7, 11) is 0. The lowest BCUT2D eigenvalue weighted by Gasteiger charge is -2.02. The Kier molecular flexibility index (Phi) is 2.96. The van der Waals surface area contributed by atoms with E-state index in [9.17, 15) is 4.79 Å². The fraction of sp³-hybridized carbons (Fsp3) is 0.222. The van der Waals surface area contributed by atoms with Gasteiger partial charge in [0.25, 0.3) is 0 Å². The summed E-state index contributed by atoms with van der Waals surface area (Å²) in [4.78, 5) is 16.3. The molecule has 4 nitrogen and oxygen atoms in total. The number of anilines is 1. The van der Waals surface area contributed by atoms with Gasteiger partial charge < -0.3 is 9.73 Å². The van der Waals surface area contributed by atoms with E-state index in [0.717, 1.165) is 35.2 Å². The van der Waals surface area contributed by atoms with E-state index >= 15 is 0 Å². The standard InChI is InChI=1S/C18H16N2O2/c1-11-3-2-4-13(9-11)18-20-15-8-7-14(10-16(15)22-18)19-17(21)12-5-6-12/h2-4,7-10,12H,5-6H2,1H3,(H,19,21). The van der Waals surface area contributed by atoms with Crippen molar-refractivity contribution in [2.45, 2.75) is 19.8 Å². The van der Waals surface area contributed by atoms with Crippen LogP contribution in [0.1, 0.15) is 18.4 Å². The van der Waals surface area contributed by atoms with Crippen molar-refractivity contribution in [2.24, 2.45) is 5.92 Å². The molecule has 22 heavy (non-hydrogen) atoms. The second kappa shape index (κ2) is 4.98. The molecule has 1 heterocycles. The van der Waals surface area contributed by atoms with Gasteiger partial charge in [-0.15, -0.1) is 0 Å². The molecule has 1 fully saturated rings. The summed E-state index contributed by atoms with van der Waals surface area (Å²) in [5.74, 6) is 0.885. The first-order chi connectivity index (χ1) is 10.7. The highest BCUT2D eigenvalue weighted by molar-refractivity contribution is 5.95. The number of nitrogens with zero attached hydrogens (tertiary/aromatic N) is 1. The molecule has 0 atom stereocenters. The zero-order chi connectivity index (χ0) is 15.1. The summed E-state index contributed by atoms with van der Waals surface area (Å²) in [6.07, 6.45) is 1.99. The zero-order valence-corrected chi connectivity index (χ0v) is 12.3. The predicted molar refractivity (Wildman–Crippen MR) is 85.5 cm³/mol. The van der Waals surface area contributed by atoms with E-state index in [1.807, 2.05) is 49.4 Å². The predicted octanol–water partition coefficient (Wildman–Crippen LogP) is 4.15. The molecule has 3 aromatic rings. The molecular formula is C18H16N2O2. The van der Waals surface area contributed by atoms with Crippen LogP contribution >= 0.6 is 0 Å². The first-order valence-electron chi connectivity index (χ1n) is 7.47. The van der Waals surface area contributed by atoms with Crippen molar-refractivity contribution in [2.75, 3.05) is 5.32 Å². The van der Waals surface area contributed by atoms with Crippen molar-refractivity contribution in [3.05, 3.63) is 48.0 Å². The van der Waals surface area contributed by atoms with Gasteiger partial charge in [-0.1, -0.05) is 17.7 Å². The van der Waals surface area contributed by atoms with Gasteiger partial charge in [0.2, 0.25) is 11.8 Å². The van der Waals surface area contributed by atoms with Crippen molar-refractivity contribution in [1.29, 1.82) is 0 Å². The molecule has 0 aliphatic heterocycles. The Balaban J connectivity index is 1.67.